The maximum atomic E-state index is 5.94. The molecular weight excluding hydrogens is 220 g/mol. The van der Waals surface area contributed by atoms with Gasteiger partial charge in [0.25, 0.3) is 0 Å². The molecule has 0 amide bonds. The van der Waals surface area contributed by atoms with Gasteiger partial charge in [-0.25, -0.2) is 4.98 Å². The quantitative estimate of drug-likeness (QED) is 0.878. The lowest BCUT2D eigenvalue weighted by molar-refractivity contribution is 0.1000. The number of aromatic nitrogens is 1. The topological polar surface area (TPSA) is 48.1 Å². The molecule has 0 aromatic carbocycles. The van der Waals surface area contributed by atoms with Crippen LogP contribution in [0.1, 0.15) is 31.4 Å². The van der Waals surface area contributed by atoms with Crippen LogP contribution in [-0.2, 0) is 4.74 Å². The van der Waals surface area contributed by atoms with E-state index in [0.717, 1.165) is 36.6 Å². The molecule has 2 heterocycles. The second kappa shape index (κ2) is 5.66. The maximum absolute atomic E-state index is 5.94. The van der Waals surface area contributed by atoms with Gasteiger partial charge in [0.05, 0.1) is 0 Å². The summed E-state index contributed by atoms with van der Waals surface area (Å²) in [6.07, 6.45) is 4.06. The molecule has 1 fully saturated rings. The van der Waals surface area contributed by atoms with Crippen LogP contribution in [0.5, 0.6) is 0 Å². The van der Waals surface area contributed by atoms with Crippen LogP contribution in [0.3, 0.4) is 0 Å². The zero-order valence-electron chi connectivity index (χ0n) is 9.56. The third kappa shape index (κ3) is 2.97. The lowest BCUT2D eigenvalue weighted by Gasteiger charge is -2.22. The zero-order chi connectivity index (χ0) is 11.4. The summed E-state index contributed by atoms with van der Waals surface area (Å²) >= 11 is 1.85. The maximum Gasteiger partial charge on any atom is 0.101 e. The van der Waals surface area contributed by atoms with Gasteiger partial charge in [-0.2, -0.15) is 0 Å². The van der Waals surface area contributed by atoms with E-state index in [1.807, 2.05) is 30.9 Å². The van der Waals surface area contributed by atoms with E-state index in [-0.39, 0.29) is 6.04 Å². The molecule has 88 valence electrons. The first kappa shape index (κ1) is 11.9. The molecule has 4 heteroatoms. The van der Waals surface area contributed by atoms with Crippen molar-refractivity contribution >= 4 is 11.8 Å². The number of pyridine rings is 1. The molecule has 1 saturated heterocycles. The van der Waals surface area contributed by atoms with Crippen molar-refractivity contribution in [1.29, 1.82) is 0 Å². The molecule has 0 saturated carbocycles. The molecule has 0 spiro atoms. The molecule has 2 N–H and O–H groups in total. The SMILES string of the molecule is CC(N)c1cccnc1SC1CCOCC1. The van der Waals surface area contributed by atoms with Crippen molar-refractivity contribution in [2.75, 3.05) is 13.2 Å². The standard InChI is InChI=1S/C12H18N2OS/c1-9(13)11-3-2-6-14-12(11)16-10-4-7-15-8-5-10/h2-3,6,9-10H,4-5,7-8,13H2,1H3. The summed E-state index contributed by atoms with van der Waals surface area (Å²) in [5.41, 5.74) is 7.09. The highest BCUT2D eigenvalue weighted by molar-refractivity contribution is 7.99. The molecule has 0 bridgehead atoms. The second-order valence-corrected chi connectivity index (χ2v) is 5.41. The van der Waals surface area contributed by atoms with E-state index < -0.39 is 0 Å². The summed E-state index contributed by atoms with van der Waals surface area (Å²) in [6, 6.07) is 4.07. The van der Waals surface area contributed by atoms with Gasteiger partial charge >= 0.3 is 0 Å². The van der Waals surface area contributed by atoms with Crippen molar-refractivity contribution < 1.29 is 4.74 Å². The van der Waals surface area contributed by atoms with E-state index in [4.69, 9.17) is 10.5 Å². The summed E-state index contributed by atoms with van der Waals surface area (Å²) < 4.78 is 5.36. The Bertz CT molecular complexity index is 338. The molecule has 0 radical (unpaired) electrons. The Morgan fingerprint density at radius 1 is 1.50 bits per heavy atom. The molecule has 1 aromatic heterocycles. The van der Waals surface area contributed by atoms with E-state index in [2.05, 4.69) is 11.1 Å². The predicted octanol–water partition coefficient (Wildman–Crippen LogP) is 2.37. The first-order valence-corrected chi connectivity index (χ1v) is 6.60. The normalized spacial score (nSPS) is 19.6. The molecule has 3 nitrogen and oxygen atoms in total. The Labute approximate surface area is 101 Å². The summed E-state index contributed by atoms with van der Waals surface area (Å²) in [5.74, 6) is 0. The highest BCUT2D eigenvalue weighted by atomic mass is 32.2. The Morgan fingerprint density at radius 3 is 2.94 bits per heavy atom. The van der Waals surface area contributed by atoms with Gasteiger partial charge in [-0.15, -0.1) is 11.8 Å². The molecular formula is C12H18N2OS. The van der Waals surface area contributed by atoms with Gasteiger partial charge in [-0.1, -0.05) is 6.07 Å². The van der Waals surface area contributed by atoms with Gasteiger partial charge in [0.15, 0.2) is 0 Å². The van der Waals surface area contributed by atoms with E-state index in [0.29, 0.717) is 5.25 Å². The van der Waals surface area contributed by atoms with E-state index in [1.165, 1.54) is 0 Å². The third-order valence-corrected chi connectivity index (χ3v) is 4.11. The Balaban J connectivity index is 2.07. The fraction of sp³-hybridized carbons (Fsp3) is 0.583. The molecule has 0 aliphatic carbocycles. The lowest BCUT2D eigenvalue weighted by Crippen LogP contribution is -2.18. The molecule has 1 atom stereocenters. The number of hydrogen-bond donors (Lipinski definition) is 1. The van der Waals surface area contributed by atoms with Gasteiger partial charge < -0.3 is 10.5 Å². The van der Waals surface area contributed by atoms with Crippen LogP contribution in [-0.4, -0.2) is 23.4 Å². The molecule has 2 rings (SSSR count). The van der Waals surface area contributed by atoms with Gasteiger partial charge in [0.1, 0.15) is 5.03 Å². The number of nitrogens with two attached hydrogens (primary N) is 1. The Kier molecular flexibility index (Phi) is 4.21. The van der Waals surface area contributed by atoms with Gasteiger partial charge in [-0.3, -0.25) is 0 Å². The van der Waals surface area contributed by atoms with Crippen LogP contribution in [0.25, 0.3) is 0 Å². The summed E-state index contributed by atoms with van der Waals surface area (Å²) in [4.78, 5) is 4.44. The van der Waals surface area contributed by atoms with Crippen LogP contribution in [0.4, 0.5) is 0 Å². The zero-order valence-corrected chi connectivity index (χ0v) is 10.4. The Hall–Kier alpha value is -0.580. The summed E-state index contributed by atoms with van der Waals surface area (Å²) in [5, 5.41) is 1.71. The fourth-order valence-electron chi connectivity index (χ4n) is 1.80. The molecule has 16 heavy (non-hydrogen) atoms. The van der Waals surface area contributed by atoms with Crippen LogP contribution >= 0.6 is 11.8 Å². The van der Waals surface area contributed by atoms with Gasteiger partial charge in [0, 0.05) is 36.3 Å². The molecule has 1 aliphatic heterocycles. The number of hydrogen-bond acceptors (Lipinski definition) is 4. The minimum absolute atomic E-state index is 0.0519. The smallest absolute Gasteiger partial charge is 0.101 e. The number of rotatable bonds is 3. The lowest BCUT2D eigenvalue weighted by atomic mass is 10.2. The predicted molar refractivity (Wildman–Crippen MR) is 66.5 cm³/mol. The second-order valence-electron chi connectivity index (χ2n) is 4.12. The number of nitrogens with zero attached hydrogens (tertiary/aromatic N) is 1. The first-order chi connectivity index (χ1) is 7.77. The van der Waals surface area contributed by atoms with Crippen LogP contribution < -0.4 is 5.73 Å². The minimum Gasteiger partial charge on any atom is -0.381 e. The van der Waals surface area contributed by atoms with E-state index in [9.17, 15) is 0 Å². The summed E-state index contributed by atoms with van der Waals surface area (Å²) in [7, 11) is 0. The fourth-order valence-corrected chi connectivity index (χ4v) is 3.06. The van der Waals surface area contributed by atoms with Gasteiger partial charge in [0.2, 0.25) is 0 Å². The van der Waals surface area contributed by atoms with Crippen LogP contribution in [0.2, 0.25) is 0 Å². The highest BCUT2D eigenvalue weighted by Crippen LogP contribution is 2.32. The highest BCUT2D eigenvalue weighted by Gasteiger charge is 2.18. The van der Waals surface area contributed by atoms with Crippen molar-refractivity contribution in [3.63, 3.8) is 0 Å². The largest absolute Gasteiger partial charge is 0.381 e. The minimum atomic E-state index is 0.0519. The van der Waals surface area contributed by atoms with Crippen molar-refractivity contribution in [2.45, 2.75) is 36.1 Å². The van der Waals surface area contributed by atoms with E-state index in [1.54, 1.807) is 0 Å². The number of ether oxygens (including phenoxy) is 1. The van der Waals surface area contributed by atoms with Crippen molar-refractivity contribution in [3.05, 3.63) is 23.9 Å². The van der Waals surface area contributed by atoms with Crippen molar-refractivity contribution in [1.82, 2.24) is 4.98 Å². The molecule has 1 unspecified atom stereocenters. The average Bonchev–Trinajstić information content (AvgIpc) is 2.31. The Morgan fingerprint density at radius 2 is 2.25 bits per heavy atom. The van der Waals surface area contributed by atoms with Crippen molar-refractivity contribution in [2.24, 2.45) is 5.73 Å². The monoisotopic (exact) mass is 238 g/mol. The number of thioether (sulfide) groups is 1. The van der Waals surface area contributed by atoms with E-state index >= 15 is 0 Å². The van der Waals surface area contributed by atoms with Crippen LogP contribution in [0, 0.1) is 0 Å². The van der Waals surface area contributed by atoms with Crippen molar-refractivity contribution in [3.8, 4) is 0 Å². The van der Waals surface area contributed by atoms with Crippen LogP contribution in [0.15, 0.2) is 23.4 Å². The van der Waals surface area contributed by atoms with Gasteiger partial charge in [-0.05, 0) is 25.8 Å². The first-order valence-electron chi connectivity index (χ1n) is 5.72. The third-order valence-electron chi connectivity index (χ3n) is 2.74. The molecule has 1 aromatic rings. The summed E-state index contributed by atoms with van der Waals surface area (Å²) in [6.45, 7) is 3.75. The average molecular weight is 238 g/mol. The molecule has 1 aliphatic rings.